The maximum Gasteiger partial charge on any atom is 0.403 e. The molecule has 2 aromatic carbocycles. The molecule has 0 bridgehead atoms. The summed E-state index contributed by atoms with van der Waals surface area (Å²) in [5, 5.41) is 28.8. The van der Waals surface area contributed by atoms with E-state index in [4.69, 9.17) is 0 Å². The quantitative estimate of drug-likeness (QED) is 0.250. The van der Waals surface area contributed by atoms with E-state index in [2.05, 4.69) is 13.8 Å². The monoisotopic (exact) mass is 546 g/mol. The minimum absolute atomic E-state index is 0.158. The largest absolute Gasteiger partial charge is 0.403 e. The summed E-state index contributed by atoms with van der Waals surface area (Å²) in [5.41, 5.74) is 4.37. The molecule has 0 heterocycles. The van der Waals surface area contributed by atoms with Crippen molar-refractivity contribution in [2.75, 3.05) is 0 Å². The third-order valence-corrected chi connectivity index (χ3v) is 7.51. The molecule has 1 atom stereocenters. The van der Waals surface area contributed by atoms with Crippen molar-refractivity contribution in [3.8, 4) is 0 Å². The summed E-state index contributed by atoms with van der Waals surface area (Å²) in [7, 11) is 0. The topological polar surface area (TPSA) is 60.7 Å². The van der Waals surface area contributed by atoms with E-state index in [0.29, 0.717) is 35.6 Å². The van der Waals surface area contributed by atoms with E-state index in [1.54, 1.807) is 12.1 Å². The highest BCUT2D eigenvalue weighted by molar-refractivity contribution is 5.56. The van der Waals surface area contributed by atoms with Crippen LogP contribution in [0.15, 0.2) is 42.5 Å². The van der Waals surface area contributed by atoms with Crippen molar-refractivity contribution < 1.29 is 41.7 Å². The molecule has 0 aliphatic carbocycles. The number of aliphatic hydroxyl groups is 3. The lowest BCUT2D eigenvalue weighted by atomic mass is 9.71. The Hall–Kier alpha value is -2.36. The molecule has 3 N–H and O–H groups in total. The molecule has 0 saturated heterocycles. The first-order valence-electron chi connectivity index (χ1n) is 12.7. The lowest BCUT2D eigenvalue weighted by Gasteiger charge is -2.33. The number of aryl methyl sites for hydroxylation is 2. The van der Waals surface area contributed by atoms with E-state index in [1.165, 1.54) is 0 Å². The lowest BCUT2D eigenvalue weighted by Crippen LogP contribution is -2.44. The molecule has 2 aromatic rings. The van der Waals surface area contributed by atoms with Crippen LogP contribution in [0.3, 0.4) is 0 Å². The Balaban J connectivity index is 2.34. The van der Waals surface area contributed by atoms with E-state index in [-0.39, 0.29) is 18.6 Å². The van der Waals surface area contributed by atoms with E-state index in [0.717, 1.165) is 42.0 Å². The van der Waals surface area contributed by atoms with Crippen molar-refractivity contribution in [3.63, 3.8) is 0 Å². The number of benzene rings is 2. The average molecular weight is 547 g/mol. The summed E-state index contributed by atoms with van der Waals surface area (Å²) in [5.74, 6) is -3.86. The molecule has 2 rings (SSSR count). The van der Waals surface area contributed by atoms with E-state index < -0.39 is 24.4 Å². The van der Waals surface area contributed by atoms with Gasteiger partial charge in [-0.25, -0.2) is 0 Å². The van der Waals surface area contributed by atoms with E-state index >= 15 is 0 Å². The molecule has 0 aliphatic heterocycles. The Bertz CT molecular complexity index is 1060. The minimum atomic E-state index is -5.63. The summed E-state index contributed by atoms with van der Waals surface area (Å²) in [4.78, 5) is 0. The van der Waals surface area contributed by atoms with Crippen molar-refractivity contribution >= 4 is 6.08 Å². The molecule has 212 valence electrons. The minimum Gasteiger partial charge on any atom is -0.392 e. The van der Waals surface area contributed by atoms with Gasteiger partial charge < -0.3 is 15.3 Å². The fraction of sp³-hybridized carbons (Fsp3) is 0.517. The molecule has 0 radical (unpaired) electrons. The SMILES string of the molecule is CCc1cc(C(CC)(CC)CCc2ccc(CO)c(CO)c2)ccc1C=CC(O)C(C(F)(F)F)C(F)(F)F. The average Bonchev–Trinajstić information content (AvgIpc) is 2.86. The second-order valence-electron chi connectivity index (χ2n) is 9.58. The van der Waals surface area contributed by atoms with Gasteiger partial charge in [-0.15, -0.1) is 0 Å². The van der Waals surface area contributed by atoms with Crippen LogP contribution in [0.2, 0.25) is 0 Å². The third-order valence-electron chi connectivity index (χ3n) is 7.51. The molecule has 0 spiro atoms. The number of hydrogen-bond acceptors (Lipinski definition) is 3. The van der Waals surface area contributed by atoms with Crippen LogP contribution in [0.1, 0.15) is 73.4 Å². The first kappa shape index (κ1) is 31.9. The zero-order valence-electron chi connectivity index (χ0n) is 21.8. The Kier molecular flexibility index (Phi) is 11.0. The zero-order valence-corrected chi connectivity index (χ0v) is 21.8. The smallest absolute Gasteiger partial charge is 0.392 e. The highest BCUT2D eigenvalue weighted by Crippen LogP contribution is 2.42. The van der Waals surface area contributed by atoms with Crippen LogP contribution in [0.25, 0.3) is 6.08 Å². The molecular formula is C29H36F6O3. The van der Waals surface area contributed by atoms with Crippen LogP contribution in [0.5, 0.6) is 0 Å². The summed E-state index contributed by atoms with van der Waals surface area (Å²) >= 11 is 0. The van der Waals surface area contributed by atoms with Crippen molar-refractivity contribution in [1.82, 2.24) is 0 Å². The molecule has 0 fully saturated rings. The Morgan fingerprint density at radius 2 is 1.39 bits per heavy atom. The Labute approximate surface area is 219 Å². The van der Waals surface area contributed by atoms with Gasteiger partial charge in [0.2, 0.25) is 0 Å². The number of aliphatic hydroxyl groups excluding tert-OH is 3. The standard InChI is InChI=1S/C29H36F6O3/c1-4-20-16-24(11-9-21(20)10-12-25(38)26(28(30,31)32)29(33,34)35)27(5-2,6-3)14-13-19-7-8-22(17-36)23(15-19)18-37/h7-12,15-16,25-26,36-38H,4-6,13-14,17-18H2,1-3H3. The van der Waals surface area contributed by atoms with Crippen LogP contribution in [0, 0.1) is 5.92 Å². The van der Waals surface area contributed by atoms with Gasteiger partial charge in [-0.05, 0) is 70.9 Å². The first-order chi connectivity index (χ1) is 17.8. The van der Waals surface area contributed by atoms with E-state index in [1.807, 2.05) is 31.2 Å². The third kappa shape index (κ3) is 7.61. The van der Waals surface area contributed by atoms with Crippen LogP contribution >= 0.6 is 0 Å². The maximum absolute atomic E-state index is 12.9. The Morgan fingerprint density at radius 3 is 1.89 bits per heavy atom. The number of hydrogen-bond donors (Lipinski definition) is 3. The first-order valence-corrected chi connectivity index (χ1v) is 12.7. The number of alkyl halides is 6. The van der Waals surface area contributed by atoms with Crippen molar-refractivity contribution in [3.05, 3.63) is 75.9 Å². The highest BCUT2D eigenvalue weighted by Gasteiger charge is 2.59. The normalized spacial score (nSPS) is 14.0. The maximum atomic E-state index is 12.9. The van der Waals surface area contributed by atoms with Gasteiger partial charge in [-0.2, -0.15) is 26.3 Å². The lowest BCUT2D eigenvalue weighted by molar-refractivity contribution is -0.300. The molecule has 0 aromatic heterocycles. The highest BCUT2D eigenvalue weighted by atomic mass is 19.4. The molecule has 0 aliphatic rings. The Morgan fingerprint density at radius 1 is 0.789 bits per heavy atom. The van der Waals surface area contributed by atoms with Crippen LogP contribution in [-0.4, -0.2) is 33.8 Å². The summed E-state index contributed by atoms with van der Waals surface area (Å²) in [6.07, 6.45) is -8.73. The number of rotatable bonds is 12. The van der Waals surface area contributed by atoms with Crippen LogP contribution in [0.4, 0.5) is 26.3 Å². The van der Waals surface area contributed by atoms with Gasteiger partial charge in [0.15, 0.2) is 5.92 Å². The molecular weight excluding hydrogens is 510 g/mol. The molecule has 0 saturated carbocycles. The van der Waals surface area contributed by atoms with Gasteiger partial charge >= 0.3 is 12.4 Å². The molecule has 38 heavy (non-hydrogen) atoms. The summed E-state index contributed by atoms with van der Waals surface area (Å²) in [6, 6.07) is 11.1. The predicted octanol–water partition coefficient (Wildman–Crippen LogP) is 7.04. The molecule has 1 unspecified atom stereocenters. The zero-order chi connectivity index (χ0) is 28.7. The predicted molar refractivity (Wildman–Crippen MR) is 135 cm³/mol. The second kappa shape index (κ2) is 13.1. The van der Waals surface area contributed by atoms with Crippen molar-refractivity contribution in [2.45, 2.75) is 90.0 Å². The van der Waals surface area contributed by atoms with Gasteiger partial charge in [-0.1, -0.05) is 69.3 Å². The van der Waals surface area contributed by atoms with Crippen molar-refractivity contribution in [1.29, 1.82) is 0 Å². The summed E-state index contributed by atoms with van der Waals surface area (Å²) in [6.45, 7) is 5.66. The fourth-order valence-electron chi connectivity index (χ4n) is 4.97. The van der Waals surface area contributed by atoms with Gasteiger partial charge in [0, 0.05) is 0 Å². The van der Waals surface area contributed by atoms with Gasteiger partial charge in [0.05, 0.1) is 19.3 Å². The van der Waals surface area contributed by atoms with Crippen LogP contribution < -0.4 is 0 Å². The van der Waals surface area contributed by atoms with E-state index in [9.17, 15) is 41.7 Å². The molecule has 3 nitrogen and oxygen atoms in total. The molecule has 0 amide bonds. The second-order valence-corrected chi connectivity index (χ2v) is 9.58. The number of halogens is 6. The van der Waals surface area contributed by atoms with Gasteiger partial charge in [0.25, 0.3) is 0 Å². The van der Waals surface area contributed by atoms with Gasteiger partial charge in [-0.3, -0.25) is 0 Å². The van der Waals surface area contributed by atoms with Gasteiger partial charge in [0.1, 0.15) is 0 Å². The molecule has 9 heteroatoms. The van der Waals surface area contributed by atoms with Crippen LogP contribution in [-0.2, 0) is 31.5 Å². The van der Waals surface area contributed by atoms with Crippen molar-refractivity contribution in [2.24, 2.45) is 5.92 Å². The summed E-state index contributed by atoms with van der Waals surface area (Å²) < 4.78 is 77.6. The fourth-order valence-corrected chi connectivity index (χ4v) is 4.97.